The van der Waals surface area contributed by atoms with Gasteiger partial charge in [0, 0.05) is 6.21 Å². The first kappa shape index (κ1) is 12.2. The topological polar surface area (TPSA) is 62.8 Å². The lowest BCUT2D eigenvalue weighted by Gasteiger charge is -1.98. The highest BCUT2D eigenvalue weighted by Gasteiger charge is 2.03. The fraction of sp³-hybridized carbons (Fsp3) is 0. The zero-order chi connectivity index (χ0) is 13.9. The Bertz CT molecular complexity index is 832. The van der Waals surface area contributed by atoms with Crippen LogP contribution in [0.15, 0.2) is 69.0 Å². The highest BCUT2D eigenvalue weighted by molar-refractivity contribution is 5.87. The summed E-state index contributed by atoms with van der Waals surface area (Å²) in [6.45, 7) is 0. The van der Waals surface area contributed by atoms with E-state index in [0.29, 0.717) is 22.2 Å². The van der Waals surface area contributed by atoms with Gasteiger partial charge in [0.2, 0.25) is 5.43 Å². The van der Waals surface area contributed by atoms with E-state index in [2.05, 4.69) is 4.99 Å². The maximum absolute atomic E-state index is 12.2. The van der Waals surface area contributed by atoms with Gasteiger partial charge in [-0.3, -0.25) is 9.79 Å². The van der Waals surface area contributed by atoms with Crippen molar-refractivity contribution in [3.8, 4) is 5.75 Å². The number of hydrogen-bond acceptors (Lipinski definition) is 4. The van der Waals surface area contributed by atoms with Crippen molar-refractivity contribution >= 4 is 22.9 Å². The van der Waals surface area contributed by atoms with Gasteiger partial charge in [-0.25, -0.2) is 0 Å². The van der Waals surface area contributed by atoms with Gasteiger partial charge in [-0.1, -0.05) is 12.1 Å². The van der Waals surface area contributed by atoms with Crippen LogP contribution in [0.3, 0.4) is 0 Å². The van der Waals surface area contributed by atoms with Crippen LogP contribution >= 0.6 is 0 Å². The summed E-state index contributed by atoms with van der Waals surface area (Å²) in [5.74, 6) is 0.175. The van der Waals surface area contributed by atoms with Crippen LogP contribution < -0.4 is 5.43 Å². The molecule has 4 heteroatoms. The Morgan fingerprint density at radius 2 is 1.80 bits per heavy atom. The average molecular weight is 265 g/mol. The molecule has 3 aromatic rings. The second-order valence-electron chi connectivity index (χ2n) is 4.29. The van der Waals surface area contributed by atoms with E-state index in [1.165, 1.54) is 24.6 Å². The van der Waals surface area contributed by atoms with Crippen molar-refractivity contribution in [1.29, 1.82) is 0 Å². The van der Waals surface area contributed by atoms with E-state index in [1.54, 1.807) is 30.3 Å². The van der Waals surface area contributed by atoms with E-state index in [9.17, 15) is 9.90 Å². The van der Waals surface area contributed by atoms with Crippen molar-refractivity contribution in [3.63, 3.8) is 0 Å². The van der Waals surface area contributed by atoms with Gasteiger partial charge < -0.3 is 9.52 Å². The second-order valence-corrected chi connectivity index (χ2v) is 4.29. The Labute approximate surface area is 114 Å². The zero-order valence-electron chi connectivity index (χ0n) is 10.5. The molecular weight excluding hydrogens is 254 g/mol. The van der Waals surface area contributed by atoms with Gasteiger partial charge in [0.1, 0.15) is 17.6 Å². The number of para-hydroxylation sites is 1. The maximum Gasteiger partial charge on any atom is 0.201 e. The first-order chi connectivity index (χ1) is 9.74. The Kier molecular flexibility index (Phi) is 3.05. The van der Waals surface area contributed by atoms with Crippen LogP contribution in [-0.2, 0) is 0 Å². The lowest BCUT2D eigenvalue weighted by atomic mass is 10.2. The van der Waals surface area contributed by atoms with E-state index < -0.39 is 0 Å². The predicted octanol–water partition coefficient (Wildman–Crippen LogP) is 3.25. The average Bonchev–Trinajstić information content (AvgIpc) is 2.49. The number of hydrogen-bond donors (Lipinski definition) is 1. The van der Waals surface area contributed by atoms with Crippen molar-refractivity contribution in [1.82, 2.24) is 0 Å². The van der Waals surface area contributed by atoms with Crippen molar-refractivity contribution in [2.75, 3.05) is 0 Å². The molecule has 0 saturated carbocycles. The molecule has 20 heavy (non-hydrogen) atoms. The van der Waals surface area contributed by atoms with Crippen LogP contribution in [0.2, 0.25) is 0 Å². The van der Waals surface area contributed by atoms with Crippen LogP contribution in [0.25, 0.3) is 11.0 Å². The van der Waals surface area contributed by atoms with Gasteiger partial charge in [-0.2, -0.15) is 0 Å². The SMILES string of the molecule is O=c1c(C=Nc2ccc(O)cc2)coc2ccccc12. The summed E-state index contributed by atoms with van der Waals surface area (Å²) in [6, 6.07) is 13.5. The lowest BCUT2D eigenvalue weighted by molar-refractivity contribution is 0.475. The third-order valence-corrected chi connectivity index (χ3v) is 2.91. The number of aromatic hydroxyl groups is 1. The summed E-state index contributed by atoms with van der Waals surface area (Å²) < 4.78 is 5.40. The molecule has 0 aliphatic rings. The number of aliphatic imine (C=N–C) groups is 1. The summed E-state index contributed by atoms with van der Waals surface area (Å²) in [5, 5.41) is 9.72. The minimum absolute atomic E-state index is 0.116. The molecule has 0 bridgehead atoms. The molecule has 0 aliphatic carbocycles. The van der Waals surface area contributed by atoms with Crippen LogP contribution in [0.4, 0.5) is 5.69 Å². The molecule has 98 valence electrons. The smallest absolute Gasteiger partial charge is 0.201 e. The third-order valence-electron chi connectivity index (χ3n) is 2.91. The van der Waals surface area contributed by atoms with E-state index in [-0.39, 0.29) is 11.2 Å². The summed E-state index contributed by atoms with van der Waals surface area (Å²) >= 11 is 0. The normalized spacial score (nSPS) is 11.2. The van der Waals surface area contributed by atoms with Gasteiger partial charge >= 0.3 is 0 Å². The summed E-state index contributed by atoms with van der Waals surface area (Å²) in [4.78, 5) is 16.4. The van der Waals surface area contributed by atoms with Gasteiger partial charge in [-0.15, -0.1) is 0 Å². The summed E-state index contributed by atoms with van der Waals surface area (Å²) in [7, 11) is 0. The standard InChI is InChI=1S/C16H11NO3/c18-13-7-5-12(6-8-13)17-9-11-10-20-15-4-2-1-3-14(15)16(11)19/h1-10,18H. The molecule has 0 radical (unpaired) electrons. The Morgan fingerprint density at radius 1 is 1.05 bits per heavy atom. The number of phenols is 1. The van der Waals surface area contributed by atoms with Crippen molar-refractivity contribution in [2.24, 2.45) is 4.99 Å². The molecule has 1 aromatic heterocycles. The molecule has 2 aromatic carbocycles. The molecular formula is C16H11NO3. The van der Waals surface area contributed by atoms with Gasteiger partial charge in [0.25, 0.3) is 0 Å². The van der Waals surface area contributed by atoms with Crippen molar-refractivity contribution in [2.45, 2.75) is 0 Å². The van der Waals surface area contributed by atoms with E-state index in [0.717, 1.165) is 0 Å². The maximum atomic E-state index is 12.2. The molecule has 3 rings (SSSR count). The van der Waals surface area contributed by atoms with Crippen LogP contribution in [0, 0.1) is 0 Å². The highest BCUT2D eigenvalue weighted by Crippen LogP contribution is 2.16. The Balaban J connectivity index is 2.01. The third kappa shape index (κ3) is 2.31. The second kappa shape index (κ2) is 5.01. The molecule has 1 heterocycles. The molecule has 0 amide bonds. The van der Waals surface area contributed by atoms with Crippen LogP contribution in [0.5, 0.6) is 5.75 Å². The monoisotopic (exact) mass is 265 g/mol. The Morgan fingerprint density at radius 3 is 2.60 bits per heavy atom. The first-order valence-electron chi connectivity index (χ1n) is 6.08. The van der Waals surface area contributed by atoms with Crippen molar-refractivity contribution in [3.05, 3.63) is 70.6 Å². The first-order valence-corrected chi connectivity index (χ1v) is 6.08. The lowest BCUT2D eigenvalue weighted by Crippen LogP contribution is -2.07. The Hall–Kier alpha value is -2.88. The fourth-order valence-electron chi connectivity index (χ4n) is 1.86. The van der Waals surface area contributed by atoms with E-state index >= 15 is 0 Å². The summed E-state index contributed by atoms with van der Waals surface area (Å²) in [5.41, 5.74) is 1.47. The van der Waals surface area contributed by atoms with Crippen LogP contribution in [0.1, 0.15) is 5.56 Å². The van der Waals surface area contributed by atoms with Crippen LogP contribution in [-0.4, -0.2) is 11.3 Å². The fourth-order valence-corrected chi connectivity index (χ4v) is 1.86. The molecule has 0 spiro atoms. The molecule has 0 saturated heterocycles. The number of fused-ring (bicyclic) bond motifs is 1. The van der Waals surface area contributed by atoms with Gasteiger partial charge in [0.05, 0.1) is 16.6 Å². The molecule has 0 unspecified atom stereocenters. The molecule has 4 nitrogen and oxygen atoms in total. The molecule has 1 N–H and O–H groups in total. The largest absolute Gasteiger partial charge is 0.508 e. The van der Waals surface area contributed by atoms with Gasteiger partial charge in [0.15, 0.2) is 0 Å². The zero-order valence-corrected chi connectivity index (χ0v) is 10.5. The molecule has 0 fully saturated rings. The number of phenolic OH excluding ortho intramolecular Hbond substituents is 1. The predicted molar refractivity (Wildman–Crippen MR) is 77.8 cm³/mol. The molecule has 0 atom stereocenters. The highest BCUT2D eigenvalue weighted by atomic mass is 16.3. The number of benzene rings is 2. The number of nitrogens with zero attached hydrogens (tertiary/aromatic N) is 1. The minimum Gasteiger partial charge on any atom is -0.508 e. The van der Waals surface area contributed by atoms with Gasteiger partial charge in [-0.05, 0) is 36.4 Å². The van der Waals surface area contributed by atoms with E-state index in [1.807, 2.05) is 6.07 Å². The van der Waals surface area contributed by atoms with E-state index in [4.69, 9.17) is 4.42 Å². The quantitative estimate of drug-likeness (QED) is 0.723. The number of rotatable bonds is 2. The van der Waals surface area contributed by atoms with Crippen molar-refractivity contribution < 1.29 is 9.52 Å². The minimum atomic E-state index is -0.116. The molecule has 0 aliphatic heterocycles. The summed E-state index contributed by atoms with van der Waals surface area (Å²) in [6.07, 6.45) is 2.86.